The number of hydrogen-bond acceptors (Lipinski definition) is 5. The third-order valence-electron chi connectivity index (χ3n) is 3.60. The average Bonchev–Trinajstić information content (AvgIpc) is 2.85. The lowest BCUT2D eigenvalue weighted by molar-refractivity contribution is 0.229. The molecule has 1 saturated carbocycles. The Hall–Kier alpha value is -1.88. The van der Waals surface area contributed by atoms with Crippen LogP contribution in [-0.2, 0) is 5.54 Å². The van der Waals surface area contributed by atoms with E-state index in [4.69, 9.17) is 15.0 Å². The zero-order chi connectivity index (χ0) is 14.2. The van der Waals surface area contributed by atoms with Crippen LogP contribution >= 0.6 is 0 Å². The second-order valence-electron chi connectivity index (χ2n) is 5.60. The van der Waals surface area contributed by atoms with Crippen molar-refractivity contribution in [3.05, 3.63) is 30.1 Å². The van der Waals surface area contributed by atoms with Gasteiger partial charge in [0.15, 0.2) is 5.82 Å². The van der Waals surface area contributed by atoms with E-state index < -0.39 is 5.54 Å². The number of ether oxygens (including phenoxy) is 1. The molecule has 1 aromatic carbocycles. The predicted octanol–water partition coefficient (Wildman–Crippen LogP) is 2.86. The quantitative estimate of drug-likeness (QED) is 0.927. The van der Waals surface area contributed by atoms with Crippen LogP contribution in [0, 0.1) is 0 Å². The predicted molar refractivity (Wildman–Crippen MR) is 75.2 cm³/mol. The Morgan fingerprint density at radius 3 is 2.70 bits per heavy atom. The maximum atomic E-state index is 6.22. The molecule has 0 spiro atoms. The van der Waals surface area contributed by atoms with Gasteiger partial charge in [0.1, 0.15) is 5.75 Å². The van der Waals surface area contributed by atoms with Gasteiger partial charge in [0, 0.05) is 0 Å². The number of nitrogens with two attached hydrogens (primary N) is 1. The minimum absolute atomic E-state index is 0.0889. The summed E-state index contributed by atoms with van der Waals surface area (Å²) in [6.07, 6.45) is 3.03. The monoisotopic (exact) mass is 273 g/mol. The van der Waals surface area contributed by atoms with Crippen LogP contribution in [0.4, 0.5) is 0 Å². The molecular weight excluding hydrogens is 254 g/mol. The van der Waals surface area contributed by atoms with E-state index in [0.29, 0.717) is 11.7 Å². The molecule has 1 aliphatic carbocycles. The van der Waals surface area contributed by atoms with Crippen molar-refractivity contribution in [3.8, 4) is 17.2 Å². The van der Waals surface area contributed by atoms with Gasteiger partial charge in [-0.15, -0.1) is 0 Å². The second-order valence-corrected chi connectivity index (χ2v) is 5.60. The summed E-state index contributed by atoms with van der Waals surface area (Å²) >= 11 is 0. The third-order valence-corrected chi connectivity index (χ3v) is 3.60. The van der Waals surface area contributed by atoms with Gasteiger partial charge in [0.25, 0.3) is 5.89 Å². The molecule has 1 heterocycles. The zero-order valence-electron chi connectivity index (χ0n) is 11.8. The molecule has 3 rings (SSSR count). The van der Waals surface area contributed by atoms with Crippen LogP contribution in [0.3, 0.4) is 0 Å². The first-order chi connectivity index (χ1) is 9.58. The Labute approximate surface area is 118 Å². The summed E-state index contributed by atoms with van der Waals surface area (Å²) in [4.78, 5) is 4.46. The molecule has 1 aromatic heterocycles. The van der Waals surface area contributed by atoms with Crippen LogP contribution < -0.4 is 10.5 Å². The fourth-order valence-corrected chi connectivity index (χ4v) is 2.32. The van der Waals surface area contributed by atoms with Gasteiger partial charge in [-0.1, -0.05) is 17.3 Å². The van der Waals surface area contributed by atoms with Crippen molar-refractivity contribution in [2.24, 2.45) is 5.73 Å². The molecule has 0 bridgehead atoms. The Morgan fingerprint density at radius 2 is 2.05 bits per heavy atom. The lowest BCUT2D eigenvalue weighted by Gasteiger charge is -2.34. The van der Waals surface area contributed by atoms with Crippen LogP contribution in [0.15, 0.2) is 28.8 Å². The highest BCUT2D eigenvalue weighted by Crippen LogP contribution is 2.38. The van der Waals surface area contributed by atoms with Crippen LogP contribution in [0.25, 0.3) is 11.5 Å². The minimum Gasteiger partial charge on any atom is -0.490 e. The largest absolute Gasteiger partial charge is 0.490 e. The summed E-state index contributed by atoms with van der Waals surface area (Å²) in [6.45, 7) is 3.97. The van der Waals surface area contributed by atoms with E-state index in [9.17, 15) is 0 Å². The zero-order valence-corrected chi connectivity index (χ0v) is 11.8. The highest BCUT2D eigenvalue weighted by atomic mass is 16.5. The van der Waals surface area contributed by atoms with Crippen molar-refractivity contribution in [1.82, 2.24) is 10.1 Å². The molecule has 20 heavy (non-hydrogen) atoms. The van der Waals surface area contributed by atoms with Gasteiger partial charge in [0.05, 0.1) is 17.2 Å². The van der Waals surface area contributed by atoms with E-state index in [1.54, 1.807) is 0 Å². The summed E-state index contributed by atoms with van der Waals surface area (Å²) in [5.74, 6) is 1.81. The first-order valence-electron chi connectivity index (χ1n) is 6.98. The molecule has 0 amide bonds. The van der Waals surface area contributed by atoms with E-state index in [2.05, 4.69) is 10.1 Å². The molecule has 106 valence electrons. The number of hydrogen-bond donors (Lipinski definition) is 1. The normalized spacial score (nSPS) is 17.0. The molecule has 0 saturated heterocycles. The van der Waals surface area contributed by atoms with Gasteiger partial charge in [0.2, 0.25) is 0 Å². The van der Waals surface area contributed by atoms with Crippen molar-refractivity contribution >= 4 is 0 Å². The molecule has 0 radical (unpaired) electrons. The Bertz CT molecular complexity index is 603. The first kappa shape index (κ1) is 13.1. The Balaban J connectivity index is 1.93. The molecule has 5 nitrogen and oxygen atoms in total. The topological polar surface area (TPSA) is 74.2 Å². The molecule has 5 heteroatoms. The van der Waals surface area contributed by atoms with E-state index in [-0.39, 0.29) is 6.10 Å². The summed E-state index contributed by atoms with van der Waals surface area (Å²) in [7, 11) is 0. The number of aromatic nitrogens is 2. The van der Waals surface area contributed by atoms with Crippen molar-refractivity contribution in [2.75, 3.05) is 0 Å². The SMILES string of the molecule is CC(C)Oc1ccccc1-c1nc(C2(N)CCC2)no1. The Morgan fingerprint density at radius 1 is 1.30 bits per heavy atom. The van der Waals surface area contributed by atoms with Crippen LogP contribution in [0.5, 0.6) is 5.75 Å². The number of benzene rings is 1. The van der Waals surface area contributed by atoms with Crippen LogP contribution in [0.1, 0.15) is 38.9 Å². The lowest BCUT2D eigenvalue weighted by Crippen LogP contribution is -2.44. The van der Waals surface area contributed by atoms with Gasteiger partial charge < -0.3 is 15.0 Å². The van der Waals surface area contributed by atoms with Crippen molar-refractivity contribution in [2.45, 2.75) is 44.8 Å². The summed E-state index contributed by atoms with van der Waals surface area (Å²) in [6, 6.07) is 7.67. The van der Waals surface area contributed by atoms with Gasteiger partial charge in [-0.05, 0) is 45.2 Å². The Kier molecular flexibility index (Phi) is 3.22. The van der Waals surface area contributed by atoms with Gasteiger partial charge in [-0.2, -0.15) is 4.98 Å². The van der Waals surface area contributed by atoms with Crippen molar-refractivity contribution in [1.29, 1.82) is 0 Å². The van der Waals surface area contributed by atoms with Gasteiger partial charge >= 0.3 is 0 Å². The number of rotatable bonds is 4. The smallest absolute Gasteiger partial charge is 0.261 e. The van der Waals surface area contributed by atoms with Gasteiger partial charge in [-0.3, -0.25) is 0 Å². The fraction of sp³-hybridized carbons (Fsp3) is 0.467. The molecule has 1 fully saturated rings. The minimum atomic E-state index is -0.407. The number of para-hydroxylation sites is 1. The second kappa shape index (κ2) is 4.90. The molecule has 0 aliphatic heterocycles. The number of nitrogens with zero attached hydrogens (tertiary/aromatic N) is 2. The molecular formula is C15H19N3O2. The highest BCUT2D eigenvalue weighted by molar-refractivity contribution is 5.62. The van der Waals surface area contributed by atoms with Gasteiger partial charge in [-0.25, -0.2) is 0 Å². The fourth-order valence-electron chi connectivity index (χ4n) is 2.32. The molecule has 0 atom stereocenters. The molecule has 1 aliphatic rings. The van der Waals surface area contributed by atoms with E-state index in [1.807, 2.05) is 38.1 Å². The highest BCUT2D eigenvalue weighted by Gasteiger charge is 2.39. The first-order valence-corrected chi connectivity index (χ1v) is 6.98. The average molecular weight is 273 g/mol. The van der Waals surface area contributed by atoms with E-state index in [1.165, 1.54) is 0 Å². The van der Waals surface area contributed by atoms with E-state index in [0.717, 1.165) is 30.6 Å². The summed E-state index contributed by atoms with van der Waals surface area (Å²) in [5, 5.41) is 4.04. The third kappa shape index (κ3) is 2.29. The lowest BCUT2D eigenvalue weighted by atomic mass is 9.77. The van der Waals surface area contributed by atoms with Crippen molar-refractivity contribution in [3.63, 3.8) is 0 Å². The van der Waals surface area contributed by atoms with E-state index >= 15 is 0 Å². The molecule has 0 unspecified atom stereocenters. The van der Waals surface area contributed by atoms with Crippen molar-refractivity contribution < 1.29 is 9.26 Å². The molecule has 2 aromatic rings. The van der Waals surface area contributed by atoms with Crippen LogP contribution in [0.2, 0.25) is 0 Å². The van der Waals surface area contributed by atoms with Crippen LogP contribution in [-0.4, -0.2) is 16.2 Å². The molecule has 2 N–H and O–H groups in total. The maximum absolute atomic E-state index is 6.22. The summed E-state index contributed by atoms with van der Waals surface area (Å²) in [5.41, 5.74) is 6.62. The maximum Gasteiger partial charge on any atom is 0.261 e. The standard InChI is InChI=1S/C15H19N3O2/c1-10(2)19-12-7-4-3-6-11(12)13-17-14(18-20-13)15(16)8-5-9-15/h3-4,6-7,10H,5,8-9,16H2,1-2H3. The summed E-state index contributed by atoms with van der Waals surface area (Å²) < 4.78 is 11.1.